The van der Waals surface area contributed by atoms with Crippen molar-refractivity contribution in [2.24, 2.45) is 0 Å². The van der Waals surface area contributed by atoms with E-state index in [0.29, 0.717) is 0 Å². The van der Waals surface area contributed by atoms with Crippen molar-refractivity contribution in [1.82, 2.24) is 0 Å². The fourth-order valence-corrected chi connectivity index (χ4v) is 1.59. The normalized spacial score (nSPS) is 11.8. The van der Waals surface area contributed by atoms with Crippen LogP contribution in [0.15, 0.2) is 16.8 Å². The number of hydrogen-bond acceptors (Lipinski definition) is 4. The molecule has 0 aliphatic heterocycles. The summed E-state index contributed by atoms with van der Waals surface area (Å²) >= 11 is 1.51. The van der Waals surface area contributed by atoms with Gasteiger partial charge in [0.15, 0.2) is 5.94 Å². The molecule has 68 valence electrons. The number of rotatable bonds is 4. The molecule has 0 atom stereocenters. The molecule has 1 rings (SSSR count). The third-order valence-electron chi connectivity index (χ3n) is 1.08. The third kappa shape index (κ3) is 3.82. The molecular weight excluding hydrogens is 200 g/mol. The lowest BCUT2D eigenvalue weighted by Crippen LogP contribution is -2.07. The van der Waals surface area contributed by atoms with E-state index >= 15 is 0 Å². The first-order chi connectivity index (χ1) is 5.58. The van der Waals surface area contributed by atoms with Gasteiger partial charge >= 0.3 is 0 Å². The minimum atomic E-state index is -4.00. The van der Waals surface area contributed by atoms with Crippen LogP contribution in [0, 0.1) is 0 Å². The van der Waals surface area contributed by atoms with E-state index in [9.17, 15) is 8.42 Å². The molecule has 1 N–H and O–H groups in total. The van der Waals surface area contributed by atoms with E-state index < -0.39 is 16.1 Å². The highest BCUT2D eigenvalue weighted by atomic mass is 32.2. The predicted molar refractivity (Wildman–Crippen MR) is 45.5 cm³/mol. The minimum Gasteiger partial charge on any atom is -0.358 e. The van der Waals surface area contributed by atoms with Gasteiger partial charge < -0.3 is 4.74 Å². The molecule has 0 bridgehead atoms. The van der Waals surface area contributed by atoms with E-state index in [4.69, 9.17) is 9.29 Å². The van der Waals surface area contributed by atoms with Gasteiger partial charge in [0.1, 0.15) is 0 Å². The van der Waals surface area contributed by atoms with Crippen molar-refractivity contribution in [3.8, 4) is 0 Å². The Bertz CT molecular complexity index is 313. The van der Waals surface area contributed by atoms with Gasteiger partial charge in [0.05, 0.1) is 6.61 Å². The van der Waals surface area contributed by atoms with Crippen LogP contribution in [0.1, 0.15) is 5.56 Å². The summed E-state index contributed by atoms with van der Waals surface area (Å²) in [4.78, 5) is 0. The van der Waals surface area contributed by atoms with E-state index in [0.717, 1.165) is 5.56 Å². The highest BCUT2D eigenvalue weighted by Gasteiger charge is 2.03. The Kier molecular flexibility index (Phi) is 3.21. The Balaban J connectivity index is 2.29. The Morgan fingerprint density at radius 3 is 2.83 bits per heavy atom. The summed E-state index contributed by atoms with van der Waals surface area (Å²) < 4.78 is 33.4. The van der Waals surface area contributed by atoms with Crippen LogP contribution in [-0.4, -0.2) is 18.9 Å². The van der Waals surface area contributed by atoms with Gasteiger partial charge in [0.2, 0.25) is 0 Å². The van der Waals surface area contributed by atoms with Crippen LogP contribution in [-0.2, 0) is 21.5 Å². The monoisotopic (exact) mass is 208 g/mol. The fourth-order valence-electron chi connectivity index (χ4n) is 0.640. The molecule has 4 nitrogen and oxygen atoms in total. The van der Waals surface area contributed by atoms with Crippen LogP contribution in [0.25, 0.3) is 0 Å². The molecule has 0 aliphatic rings. The van der Waals surface area contributed by atoms with Crippen LogP contribution in [0.3, 0.4) is 0 Å². The van der Waals surface area contributed by atoms with Crippen LogP contribution in [0.2, 0.25) is 0 Å². The first kappa shape index (κ1) is 9.66. The molecule has 0 spiro atoms. The Morgan fingerprint density at radius 1 is 1.58 bits per heavy atom. The molecule has 0 fully saturated rings. The van der Waals surface area contributed by atoms with Crippen molar-refractivity contribution in [2.45, 2.75) is 6.61 Å². The smallest absolute Gasteiger partial charge is 0.289 e. The van der Waals surface area contributed by atoms with E-state index in [2.05, 4.69) is 0 Å². The number of thiophene rings is 1. The highest BCUT2D eigenvalue weighted by molar-refractivity contribution is 7.85. The second kappa shape index (κ2) is 3.99. The van der Waals surface area contributed by atoms with Crippen LogP contribution < -0.4 is 0 Å². The summed E-state index contributed by atoms with van der Waals surface area (Å²) in [5.41, 5.74) is 0.906. The first-order valence-electron chi connectivity index (χ1n) is 3.12. The number of ether oxygens (including phenoxy) is 1. The minimum absolute atomic E-state index is 0.212. The van der Waals surface area contributed by atoms with Gasteiger partial charge in [-0.2, -0.15) is 19.8 Å². The molecule has 0 unspecified atom stereocenters. The second-order valence-corrected chi connectivity index (χ2v) is 4.36. The van der Waals surface area contributed by atoms with E-state index in [-0.39, 0.29) is 6.61 Å². The Morgan fingerprint density at radius 2 is 2.33 bits per heavy atom. The molecule has 0 saturated heterocycles. The van der Waals surface area contributed by atoms with Crippen molar-refractivity contribution in [3.05, 3.63) is 22.4 Å². The summed E-state index contributed by atoms with van der Waals surface area (Å²) in [5.74, 6) is -0.650. The zero-order chi connectivity index (χ0) is 9.03. The average molecular weight is 208 g/mol. The first-order valence-corrected chi connectivity index (χ1v) is 5.67. The fraction of sp³-hybridized carbons (Fsp3) is 0.333. The van der Waals surface area contributed by atoms with Crippen molar-refractivity contribution < 1.29 is 17.7 Å². The summed E-state index contributed by atoms with van der Waals surface area (Å²) in [6.45, 7) is 0.212. The van der Waals surface area contributed by atoms with Gasteiger partial charge in [0.25, 0.3) is 10.1 Å². The average Bonchev–Trinajstić information content (AvgIpc) is 2.36. The van der Waals surface area contributed by atoms with Gasteiger partial charge in [-0.25, -0.2) is 0 Å². The largest absolute Gasteiger partial charge is 0.358 e. The quantitative estimate of drug-likeness (QED) is 0.753. The van der Waals surface area contributed by atoms with Crippen molar-refractivity contribution in [2.75, 3.05) is 5.94 Å². The van der Waals surface area contributed by atoms with Crippen LogP contribution in [0.4, 0.5) is 0 Å². The lowest BCUT2D eigenvalue weighted by Gasteiger charge is -1.98. The maximum atomic E-state index is 10.2. The molecule has 6 heteroatoms. The Labute approximate surface area is 74.5 Å². The zero-order valence-electron chi connectivity index (χ0n) is 6.13. The van der Waals surface area contributed by atoms with Crippen molar-refractivity contribution >= 4 is 21.5 Å². The molecule has 1 aromatic rings. The maximum Gasteiger partial charge on any atom is 0.289 e. The molecule has 0 radical (unpaired) electrons. The highest BCUT2D eigenvalue weighted by Crippen LogP contribution is 2.07. The molecule has 1 heterocycles. The summed E-state index contributed by atoms with van der Waals surface area (Å²) in [6.07, 6.45) is 0. The molecule has 0 aromatic carbocycles. The molecule has 12 heavy (non-hydrogen) atoms. The molecule has 0 saturated carbocycles. The van der Waals surface area contributed by atoms with Gasteiger partial charge in [-0.1, -0.05) is 0 Å². The predicted octanol–water partition coefficient (Wildman–Crippen LogP) is 1.11. The summed E-state index contributed by atoms with van der Waals surface area (Å²) in [7, 11) is -4.00. The van der Waals surface area contributed by atoms with E-state index in [1.54, 1.807) is 0 Å². The SMILES string of the molecule is O=S(=O)(O)COCc1ccsc1. The standard InChI is InChI=1S/C6H8O4S2/c7-12(8,9)5-10-3-6-1-2-11-4-6/h1-2,4H,3,5H2,(H,7,8,9). The van der Waals surface area contributed by atoms with Crippen LogP contribution >= 0.6 is 11.3 Å². The van der Waals surface area contributed by atoms with Gasteiger partial charge in [-0.3, -0.25) is 4.55 Å². The van der Waals surface area contributed by atoms with Crippen LogP contribution in [0.5, 0.6) is 0 Å². The van der Waals surface area contributed by atoms with E-state index in [1.165, 1.54) is 11.3 Å². The van der Waals surface area contributed by atoms with Crippen molar-refractivity contribution in [1.29, 1.82) is 0 Å². The third-order valence-corrected chi connectivity index (χ3v) is 2.28. The second-order valence-electron chi connectivity index (χ2n) is 2.18. The zero-order valence-corrected chi connectivity index (χ0v) is 7.77. The van der Waals surface area contributed by atoms with Gasteiger partial charge in [-0.05, 0) is 22.4 Å². The summed E-state index contributed by atoms with van der Waals surface area (Å²) in [6, 6.07) is 1.83. The topological polar surface area (TPSA) is 63.6 Å². The molecular formula is C6H8O4S2. The summed E-state index contributed by atoms with van der Waals surface area (Å²) in [5, 5.41) is 3.72. The van der Waals surface area contributed by atoms with Gasteiger partial charge in [-0.15, -0.1) is 0 Å². The van der Waals surface area contributed by atoms with E-state index in [1.807, 2.05) is 16.8 Å². The lowest BCUT2D eigenvalue weighted by molar-refractivity contribution is 0.157. The molecule has 1 aromatic heterocycles. The molecule has 0 amide bonds. The number of hydrogen-bond donors (Lipinski definition) is 1. The van der Waals surface area contributed by atoms with Gasteiger partial charge in [0, 0.05) is 0 Å². The molecule has 0 aliphatic carbocycles. The lowest BCUT2D eigenvalue weighted by atomic mass is 10.4. The van der Waals surface area contributed by atoms with Crippen molar-refractivity contribution in [3.63, 3.8) is 0 Å². The Hall–Kier alpha value is -0.430. The maximum absolute atomic E-state index is 10.2.